The summed E-state index contributed by atoms with van der Waals surface area (Å²) in [7, 11) is 0. The van der Waals surface area contributed by atoms with Crippen LogP contribution >= 0.6 is 11.6 Å². The van der Waals surface area contributed by atoms with E-state index in [4.69, 9.17) is 16.3 Å². The van der Waals surface area contributed by atoms with Gasteiger partial charge in [-0.15, -0.1) is 0 Å². The highest BCUT2D eigenvalue weighted by Crippen LogP contribution is 2.37. The monoisotopic (exact) mass is 443 g/mol. The van der Waals surface area contributed by atoms with Gasteiger partial charge in [0.25, 0.3) is 5.91 Å². The van der Waals surface area contributed by atoms with E-state index in [9.17, 15) is 14.0 Å². The average molecular weight is 444 g/mol. The number of halogens is 2. The van der Waals surface area contributed by atoms with Gasteiger partial charge >= 0.3 is 6.03 Å². The molecular formula is C23H23ClFN3O3. The summed E-state index contributed by atoms with van der Waals surface area (Å²) in [5.74, 6) is -0.836. The van der Waals surface area contributed by atoms with E-state index < -0.39 is 17.9 Å². The van der Waals surface area contributed by atoms with Crippen molar-refractivity contribution in [2.45, 2.75) is 19.5 Å². The second-order valence-corrected chi connectivity index (χ2v) is 7.90. The predicted octanol–water partition coefficient (Wildman–Crippen LogP) is 3.88. The summed E-state index contributed by atoms with van der Waals surface area (Å²) in [6, 6.07) is 12.4. The molecule has 0 radical (unpaired) electrons. The zero-order valence-electron chi connectivity index (χ0n) is 17.1. The summed E-state index contributed by atoms with van der Waals surface area (Å²) in [6.07, 6.45) is 0. The van der Waals surface area contributed by atoms with E-state index in [-0.39, 0.29) is 23.0 Å². The van der Waals surface area contributed by atoms with Crippen LogP contribution in [0.1, 0.15) is 24.1 Å². The Morgan fingerprint density at radius 2 is 1.87 bits per heavy atom. The lowest BCUT2D eigenvalue weighted by Gasteiger charge is -2.38. The molecule has 1 fully saturated rings. The minimum atomic E-state index is -0.983. The third kappa shape index (κ3) is 4.29. The van der Waals surface area contributed by atoms with Crippen LogP contribution in [0.15, 0.2) is 59.8 Å². The Hall–Kier alpha value is -2.90. The quantitative estimate of drug-likeness (QED) is 0.780. The van der Waals surface area contributed by atoms with E-state index >= 15 is 0 Å². The van der Waals surface area contributed by atoms with Gasteiger partial charge in [-0.05, 0) is 24.6 Å². The number of benzene rings is 2. The van der Waals surface area contributed by atoms with Crippen LogP contribution in [0.3, 0.4) is 0 Å². The van der Waals surface area contributed by atoms with Gasteiger partial charge in [-0.3, -0.25) is 9.69 Å². The van der Waals surface area contributed by atoms with Gasteiger partial charge in [0.1, 0.15) is 5.82 Å². The number of nitrogens with zero attached hydrogens (tertiary/aromatic N) is 2. The summed E-state index contributed by atoms with van der Waals surface area (Å²) in [5.41, 5.74) is 1.79. The van der Waals surface area contributed by atoms with Gasteiger partial charge in [0.05, 0.1) is 31.4 Å². The van der Waals surface area contributed by atoms with Crippen molar-refractivity contribution in [1.29, 1.82) is 0 Å². The Labute approximate surface area is 185 Å². The van der Waals surface area contributed by atoms with Crippen LogP contribution in [-0.2, 0) is 16.1 Å². The number of morpholine rings is 1. The summed E-state index contributed by atoms with van der Waals surface area (Å²) < 4.78 is 20.2. The normalized spacial score (nSPS) is 19.5. The molecule has 0 aliphatic carbocycles. The Bertz CT molecular complexity index is 1000. The molecular weight excluding hydrogens is 421 g/mol. The molecule has 0 spiro atoms. The van der Waals surface area contributed by atoms with E-state index in [0.717, 1.165) is 5.56 Å². The maximum Gasteiger partial charge on any atom is 0.322 e. The van der Waals surface area contributed by atoms with Crippen LogP contribution in [0.5, 0.6) is 0 Å². The molecule has 1 saturated heterocycles. The summed E-state index contributed by atoms with van der Waals surface area (Å²) in [6.45, 7) is 3.74. The maximum atomic E-state index is 14.8. The molecule has 2 aliphatic heterocycles. The molecule has 162 valence electrons. The highest BCUT2D eigenvalue weighted by atomic mass is 35.5. The number of ether oxygens (including phenoxy) is 1. The molecule has 31 heavy (non-hydrogen) atoms. The number of rotatable bonds is 4. The molecule has 0 bridgehead atoms. The number of carbonyl (C=O) groups excluding carboxylic acids is 2. The predicted molar refractivity (Wildman–Crippen MR) is 115 cm³/mol. The number of amides is 3. The molecule has 2 heterocycles. The largest absolute Gasteiger partial charge is 0.378 e. The van der Waals surface area contributed by atoms with E-state index in [1.54, 1.807) is 17.9 Å². The number of hydrogen-bond acceptors (Lipinski definition) is 3. The minimum absolute atomic E-state index is 0.0906. The topological polar surface area (TPSA) is 61.9 Å². The first-order chi connectivity index (χ1) is 15.0. The molecule has 0 saturated carbocycles. The van der Waals surface area contributed by atoms with Crippen molar-refractivity contribution in [3.63, 3.8) is 0 Å². The van der Waals surface area contributed by atoms with Crippen molar-refractivity contribution in [2.24, 2.45) is 0 Å². The summed E-state index contributed by atoms with van der Waals surface area (Å²) >= 11 is 6.31. The Kier molecular flexibility index (Phi) is 6.25. The third-order valence-electron chi connectivity index (χ3n) is 5.60. The standard InChI is InChI=1S/C23H23ClFN3O3/c1-15-19(22(29)27-10-12-31-13-11-27)21(20-17(24)8-5-9-18(20)25)26-23(30)28(15)14-16-6-3-2-4-7-16/h2-9,21H,10-14H2,1H3,(H,26,30)/t21-/m0/s1. The molecule has 2 aliphatic rings. The van der Waals surface area contributed by atoms with Gasteiger partial charge in [0.15, 0.2) is 0 Å². The first-order valence-corrected chi connectivity index (χ1v) is 10.5. The Morgan fingerprint density at radius 3 is 2.55 bits per heavy atom. The fraction of sp³-hybridized carbons (Fsp3) is 0.304. The third-order valence-corrected chi connectivity index (χ3v) is 5.93. The summed E-state index contributed by atoms with van der Waals surface area (Å²) in [5, 5.41) is 2.97. The lowest BCUT2D eigenvalue weighted by Crippen LogP contribution is -2.51. The molecule has 1 N–H and O–H groups in total. The van der Waals surface area contributed by atoms with Crippen molar-refractivity contribution < 1.29 is 18.7 Å². The minimum Gasteiger partial charge on any atom is -0.378 e. The first kappa shape index (κ1) is 21.3. The van der Waals surface area contributed by atoms with Gasteiger partial charge in [0, 0.05) is 29.4 Å². The second kappa shape index (κ2) is 9.08. The highest BCUT2D eigenvalue weighted by molar-refractivity contribution is 6.31. The van der Waals surface area contributed by atoms with Crippen molar-refractivity contribution in [3.8, 4) is 0 Å². The van der Waals surface area contributed by atoms with Crippen LogP contribution in [0.25, 0.3) is 0 Å². The van der Waals surface area contributed by atoms with Gasteiger partial charge < -0.3 is 15.0 Å². The number of urea groups is 1. The number of carbonyl (C=O) groups is 2. The van der Waals surface area contributed by atoms with Crippen LogP contribution in [0, 0.1) is 5.82 Å². The molecule has 0 unspecified atom stereocenters. The Morgan fingerprint density at radius 1 is 1.16 bits per heavy atom. The number of allylic oxidation sites excluding steroid dienone is 1. The first-order valence-electron chi connectivity index (χ1n) is 10.1. The lowest BCUT2D eigenvalue weighted by molar-refractivity contribution is -0.131. The molecule has 4 rings (SSSR count). The fourth-order valence-corrected chi connectivity index (χ4v) is 4.23. The van der Waals surface area contributed by atoms with Crippen molar-refractivity contribution in [2.75, 3.05) is 26.3 Å². The SMILES string of the molecule is CC1=C(C(=O)N2CCOCC2)[C@@H](c2c(F)cccc2Cl)NC(=O)N1Cc1ccccc1. The molecule has 8 heteroatoms. The van der Waals surface area contributed by atoms with Gasteiger partial charge in [-0.1, -0.05) is 48.0 Å². The Balaban J connectivity index is 1.79. The molecule has 3 amide bonds. The van der Waals surface area contributed by atoms with E-state index in [1.165, 1.54) is 17.0 Å². The number of nitrogens with one attached hydrogen (secondary N) is 1. The summed E-state index contributed by atoms with van der Waals surface area (Å²) in [4.78, 5) is 29.8. The zero-order valence-corrected chi connectivity index (χ0v) is 17.9. The highest BCUT2D eigenvalue weighted by Gasteiger charge is 2.39. The van der Waals surface area contributed by atoms with Gasteiger partial charge in [-0.2, -0.15) is 0 Å². The van der Waals surface area contributed by atoms with Crippen LogP contribution in [0.2, 0.25) is 5.02 Å². The molecule has 6 nitrogen and oxygen atoms in total. The van der Waals surface area contributed by atoms with E-state index in [0.29, 0.717) is 37.6 Å². The molecule has 2 aromatic rings. The average Bonchev–Trinajstić information content (AvgIpc) is 2.77. The smallest absolute Gasteiger partial charge is 0.322 e. The van der Waals surface area contributed by atoms with Crippen LogP contribution in [-0.4, -0.2) is 48.0 Å². The maximum absolute atomic E-state index is 14.8. The van der Waals surface area contributed by atoms with Crippen molar-refractivity contribution >= 4 is 23.5 Å². The van der Waals surface area contributed by atoms with Crippen LogP contribution < -0.4 is 5.32 Å². The molecule has 1 atom stereocenters. The lowest BCUT2D eigenvalue weighted by atomic mass is 9.93. The van der Waals surface area contributed by atoms with Crippen molar-refractivity contribution in [3.05, 3.63) is 81.8 Å². The molecule has 0 aromatic heterocycles. The van der Waals surface area contributed by atoms with E-state index in [1.807, 2.05) is 30.3 Å². The van der Waals surface area contributed by atoms with Crippen molar-refractivity contribution in [1.82, 2.24) is 15.1 Å². The van der Waals surface area contributed by atoms with E-state index in [2.05, 4.69) is 5.32 Å². The number of hydrogen-bond donors (Lipinski definition) is 1. The van der Waals surface area contributed by atoms with Gasteiger partial charge in [0.2, 0.25) is 0 Å². The fourth-order valence-electron chi connectivity index (χ4n) is 3.95. The van der Waals surface area contributed by atoms with Gasteiger partial charge in [-0.25, -0.2) is 9.18 Å². The second-order valence-electron chi connectivity index (χ2n) is 7.49. The molecule has 2 aromatic carbocycles. The van der Waals surface area contributed by atoms with Crippen LogP contribution in [0.4, 0.5) is 9.18 Å². The zero-order chi connectivity index (χ0) is 22.0.